The monoisotopic (exact) mass is 275 g/mol. The maximum absolute atomic E-state index is 5.47. The second-order valence-electron chi connectivity index (χ2n) is 5.81. The lowest BCUT2D eigenvalue weighted by Crippen LogP contribution is -2.44. The molecule has 4 heteroatoms. The van der Waals surface area contributed by atoms with Crippen LogP contribution in [-0.2, 0) is 11.3 Å². The second kappa shape index (κ2) is 6.57. The third kappa shape index (κ3) is 3.32. The number of morpholine rings is 1. The number of anilines is 1. The first kappa shape index (κ1) is 13.9. The molecule has 1 aromatic rings. The van der Waals surface area contributed by atoms with Crippen LogP contribution >= 0.6 is 0 Å². The number of rotatable bonds is 3. The minimum atomic E-state index is 0.850. The van der Waals surface area contributed by atoms with Crippen LogP contribution in [-0.4, -0.2) is 69.3 Å². The van der Waals surface area contributed by atoms with Crippen molar-refractivity contribution in [1.29, 1.82) is 0 Å². The van der Waals surface area contributed by atoms with Crippen LogP contribution in [0.25, 0.3) is 0 Å². The minimum absolute atomic E-state index is 0.850. The highest BCUT2D eigenvalue weighted by Crippen LogP contribution is 2.23. The van der Waals surface area contributed by atoms with Gasteiger partial charge >= 0.3 is 0 Å². The number of nitrogens with zero attached hydrogens (tertiary/aromatic N) is 3. The van der Waals surface area contributed by atoms with Crippen LogP contribution in [0.1, 0.15) is 5.56 Å². The average molecular weight is 275 g/mol. The van der Waals surface area contributed by atoms with Gasteiger partial charge in [0.25, 0.3) is 0 Å². The zero-order valence-corrected chi connectivity index (χ0v) is 12.4. The molecule has 110 valence electrons. The van der Waals surface area contributed by atoms with Crippen LogP contribution in [0.3, 0.4) is 0 Å². The third-order valence-corrected chi connectivity index (χ3v) is 4.33. The number of ether oxygens (including phenoxy) is 1. The molecular weight excluding hydrogens is 250 g/mol. The van der Waals surface area contributed by atoms with E-state index in [1.807, 2.05) is 0 Å². The normalized spacial score (nSPS) is 22.1. The maximum atomic E-state index is 5.47. The quantitative estimate of drug-likeness (QED) is 0.827. The molecule has 2 aliphatic rings. The fraction of sp³-hybridized carbons (Fsp3) is 0.625. The minimum Gasteiger partial charge on any atom is -0.378 e. The molecular formula is C16H25N3O. The lowest BCUT2D eigenvalue weighted by molar-refractivity contribution is 0.122. The molecule has 0 saturated carbocycles. The fourth-order valence-corrected chi connectivity index (χ4v) is 3.00. The maximum Gasteiger partial charge on any atom is 0.0642 e. The molecule has 2 fully saturated rings. The lowest BCUT2D eigenvalue weighted by Gasteiger charge is -2.35. The number of piperazine rings is 1. The smallest absolute Gasteiger partial charge is 0.0642 e. The van der Waals surface area contributed by atoms with E-state index >= 15 is 0 Å². The predicted molar refractivity (Wildman–Crippen MR) is 82.2 cm³/mol. The SMILES string of the molecule is CN1CCN(Cc2ccccc2N2CCOCC2)CC1. The van der Waals surface area contributed by atoms with Crippen molar-refractivity contribution in [1.82, 2.24) is 9.80 Å². The number of hydrogen-bond acceptors (Lipinski definition) is 4. The Morgan fingerprint density at radius 1 is 0.950 bits per heavy atom. The van der Waals surface area contributed by atoms with Gasteiger partial charge < -0.3 is 14.5 Å². The molecule has 0 aromatic heterocycles. The van der Waals surface area contributed by atoms with Crippen molar-refractivity contribution in [3.63, 3.8) is 0 Å². The van der Waals surface area contributed by atoms with E-state index in [1.165, 1.54) is 37.4 Å². The van der Waals surface area contributed by atoms with Gasteiger partial charge in [-0.05, 0) is 18.7 Å². The molecule has 2 aliphatic heterocycles. The Hall–Kier alpha value is -1.10. The zero-order chi connectivity index (χ0) is 13.8. The molecule has 0 N–H and O–H groups in total. The van der Waals surface area contributed by atoms with E-state index in [2.05, 4.69) is 46.0 Å². The van der Waals surface area contributed by atoms with Crippen LogP contribution in [0.15, 0.2) is 24.3 Å². The summed E-state index contributed by atoms with van der Waals surface area (Å²) in [5.74, 6) is 0. The Labute approximate surface area is 121 Å². The summed E-state index contributed by atoms with van der Waals surface area (Å²) >= 11 is 0. The van der Waals surface area contributed by atoms with Crippen molar-refractivity contribution in [2.45, 2.75) is 6.54 Å². The summed E-state index contributed by atoms with van der Waals surface area (Å²) in [7, 11) is 2.21. The fourth-order valence-electron chi connectivity index (χ4n) is 3.00. The van der Waals surface area contributed by atoms with E-state index in [9.17, 15) is 0 Å². The Bertz CT molecular complexity index is 423. The molecule has 2 saturated heterocycles. The van der Waals surface area contributed by atoms with Gasteiger partial charge in [0.05, 0.1) is 13.2 Å². The summed E-state index contributed by atoms with van der Waals surface area (Å²) in [6.07, 6.45) is 0. The molecule has 2 heterocycles. The third-order valence-electron chi connectivity index (χ3n) is 4.33. The summed E-state index contributed by atoms with van der Waals surface area (Å²) in [6.45, 7) is 9.51. The number of likely N-dealkylation sites (N-methyl/N-ethyl adjacent to an activating group) is 1. The summed E-state index contributed by atoms with van der Waals surface area (Å²) in [4.78, 5) is 7.44. The standard InChI is InChI=1S/C16H25N3O/c1-17-6-8-18(9-7-17)14-15-4-2-3-5-16(15)19-10-12-20-13-11-19/h2-5H,6-14H2,1H3. The van der Waals surface area contributed by atoms with E-state index in [0.29, 0.717) is 0 Å². The van der Waals surface area contributed by atoms with Crippen LogP contribution in [0.2, 0.25) is 0 Å². The van der Waals surface area contributed by atoms with Gasteiger partial charge in [-0.1, -0.05) is 18.2 Å². The molecule has 20 heavy (non-hydrogen) atoms. The Morgan fingerprint density at radius 2 is 1.65 bits per heavy atom. The van der Waals surface area contributed by atoms with E-state index < -0.39 is 0 Å². The molecule has 0 bridgehead atoms. The highest BCUT2D eigenvalue weighted by atomic mass is 16.5. The van der Waals surface area contributed by atoms with Crippen LogP contribution in [0.5, 0.6) is 0 Å². The molecule has 0 amide bonds. The van der Waals surface area contributed by atoms with Gasteiger partial charge in [-0.3, -0.25) is 4.90 Å². The van der Waals surface area contributed by atoms with Gasteiger partial charge in [0.15, 0.2) is 0 Å². The van der Waals surface area contributed by atoms with Crippen molar-refractivity contribution in [2.75, 3.05) is 64.4 Å². The Kier molecular flexibility index (Phi) is 4.55. The first-order chi connectivity index (χ1) is 9.83. The number of para-hydroxylation sites is 1. The summed E-state index contributed by atoms with van der Waals surface area (Å²) in [5.41, 5.74) is 2.86. The second-order valence-corrected chi connectivity index (χ2v) is 5.81. The molecule has 0 atom stereocenters. The highest BCUT2D eigenvalue weighted by Gasteiger charge is 2.18. The molecule has 0 aliphatic carbocycles. The molecule has 0 spiro atoms. The molecule has 0 radical (unpaired) electrons. The van der Waals surface area contributed by atoms with Crippen molar-refractivity contribution >= 4 is 5.69 Å². The first-order valence-electron chi connectivity index (χ1n) is 7.64. The van der Waals surface area contributed by atoms with Crippen LogP contribution < -0.4 is 4.90 Å². The van der Waals surface area contributed by atoms with Crippen molar-refractivity contribution in [2.24, 2.45) is 0 Å². The van der Waals surface area contributed by atoms with E-state index in [0.717, 1.165) is 32.8 Å². The van der Waals surface area contributed by atoms with Gasteiger partial charge in [-0.25, -0.2) is 0 Å². The largest absolute Gasteiger partial charge is 0.378 e. The van der Waals surface area contributed by atoms with E-state index in [-0.39, 0.29) is 0 Å². The first-order valence-corrected chi connectivity index (χ1v) is 7.64. The summed E-state index contributed by atoms with van der Waals surface area (Å²) in [5, 5.41) is 0. The van der Waals surface area contributed by atoms with Crippen molar-refractivity contribution in [3.05, 3.63) is 29.8 Å². The Morgan fingerprint density at radius 3 is 2.40 bits per heavy atom. The van der Waals surface area contributed by atoms with E-state index in [1.54, 1.807) is 0 Å². The Balaban J connectivity index is 1.69. The number of benzene rings is 1. The average Bonchev–Trinajstić information content (AvgIpc) is 2.51. The van der Waals surface area contributed by atoms with Crippen LogP contribution in [0.4, 0.5) is 5.69 Å². The topological polar surface area (TPSA) is 19.0 Å². The molecule has 3 rings (SSSR count). The van der Waals surface area contributed by atoms with Gasteiger partial charge in [-0.15, -0.1) is 0 Å². The van der Waals surface area contributed by atoms with Crippen LogP contribution in [0, 0.1) is 0 Å². The van der Waals surface area contributed by atoms with Gasteiger partial charge in [-0.2, -0.15) is 0 Å². The molecule has 1 aromatic carbocycles. The summed E-state index contributed by atoms with van der Waals surface area (Å²) in [6, 6.07) is 8.85. The van der Waals surface area contributed by atoms with Crippen molar-refractivity contribution < 1.29 is 4.74 Å². The predicted octanol–water partition coefficient (Wildman–Crippen LogP) is 1.27. The van der Waals surface area contributed by atoms with Crippen molar-refractivity contribution in [3.8, 4) is 0 Å². The van der Waals surface area contributed by atoms with Gasteiger partial charge in [0.1, 0.15) is 0 Å². The number of hydrogen-bond donors (Lipinski definition) is 0. The van der Waals surface area contributed by atoms with E-state index in [4.69, 9.17) is 4.74 Å². The summed E-state index contributed by atoms with van der Waals surface area (Å²) < 4.78 is 5.47. The molecule has 4 nitrogen and oxygen atoms in total. The lowest BCUT2D eigenvalue weighted by atomic mass is 10.1. The van der Waals surface area contributed by atoms with Gasteiger partial charge in [0, 0.05) is 51.5 Å². The van der Waals surface area contributed by atoms with Gasteiger partial charge in [0.2, 0.25) is 0 Å². The zero-order valence-electron chi connectivity index (χ0n) is 12.4. The highest BCUT2D eigenvalue weighted by molar-refractivity contribution is 5.53. The molecule has 0 unspecified atom stereocenters.